The molecule has 1 aromatic carbocycles. The van der Waals surface area contributed by atoms with Gasteiger partial charge < -0.3 is 14.5 Å². The van der Waals surface area contributed by atoms with Crippen LogP contribution in [0.5, 0.6) is 0 Å². The summed E-state index contributed by atoms with van der Waals surface area (Å²) in [7, 11) is 0. The van der Waals surface area contributed by atoms with Gasteiger partial charge in [-0.05, 0) is 80.9 Å². The zero-order valence-electron chi connectivity index (χ0n) is 21.3. The monoisotopic (exact) mass is 545 g/mol. The number of hydrogen-bond acceptors (Lipinski definition) is 4. The number of likely N-dealkylation sites (tertiary alicyclic amines) is 1. The van der Waals surface area contributed by atoms with E-state index in [0.717, 1.165) is 23.3 Å². The van der Waals surface area contributed by atoms with E-state index in [1.165, 1.54) is 0 Å². The maximum absolute atomic E-state index is 13.3. The molecule has 208 valence electrons. The van der Waals surface area contributed by atoms with Crippen molar-refractivity contribution in [1.82, 2.24) is 9.80 Å². The Labute approximate surface area is 216 Å². The Morgan fingerprint density at radius 2 is 1.47 bits per heavy atom. The fourth-order valence-corrected chi connectivity index (χ4v) is 4.99. The van der Waals surface area contributed by atoms with Gasteiger partial charge in [0.1, 0.15) is 11.3 Å². The van der Waals surface area contributed by atoms with Crippen LogP contribution in [0.15, 0.2) is 34.3 Å². The predicted molar refractivity (Wildman–Crippen MR) is 127 cm³/mol. The zero-order valence-corrected chi connectivity index (χ0v) is 21.3. The Morgan fingerprint density at radius 3 is 2.00 bits per heavy atom. The average Bonchev–Trinajstić information content (AvgIpc) is 3.24. The number of aliphatic imine (C=N–C) groups is 1. The SMILES string of the molecule is CC(C)(C)OC(=O)N1CCC2=C(CN=C2C(=O)N2CCC(c3cc(C(F)(F)F)cc(C(F)(F)F)c3)CC2)C1. The van der Waals surface area contributed by atoms with Crippen molar-refractivity contribution in [1.29, 1.82) is 0 Å². The summed E-state index contributed by atoms with van der Waals surface area (Å²) in [6.45, 7) is 6.68. The third-order valence-electron chi connectivity index (χ3n) is 6.87. The molecule has 1 fully saturated rings. The van der Waals surface area contributed by atoms with E-state index >= 15 is 0 Å². The van der Waals surface area contributed by atoms with Gasteiger partial charge in [0.15, 0.2) is 0 Å². The Balaban J connectivity index is 1.42. The van der Waals surface area contributed by atoms with Crippen LogP contribution in [0.25, 0.3) is 0 Å². The van der Waals surface area contributed by atoms with Gasteiger partial charge in [0, 0.05) is 26.2 Å². The van der Waals surface area contributed by atoms with Gasteiger partial charge in [0.25, 0.3) is 5.91 Å². The molecule has 0 aromatic heterocycles. The summed E-state index contributed by atoms with van der Waals surface area (Å²) in [6, 6.07) is 1.67. The number of hydrogen-bond donors (Lipinski definition) is 0. The lowest BCUT2D eigenvalue weighted by atomic mass is 9.87. The molecule has 3 aliphatic heterocycles. The van der Waals surface area contributed by atoms with Gasteiger partial charge in [-0.1, -0.05) is 0 Å². The van der Waals surface area contributed by atoms with Crippen molar-refractivity contribution in [2.75, 3.05) is 32.7 Å². The van der Waals surface area contributed by atoms with E-state index in [-0.39, 0.29) is 50.0 Å². The van der Waals surface area contributed by atoms with Crippen molar-refractivity contribution < 1.29 is 40.7 Å². The molecule has 38 heavy (non-hydrogen) atoms. The highest BCUT2D eigenvalue weighted by Crippen LogP contribution is 2.40. The van der Waals surface area contributed by atoms with Crippen molar-refractivity contribution in [3.63, 3.8) is 0 Å². The number of amides is 2. The Bertz CT molecular complexity index is 1140. The molecule has 2 amide bonds. The zero-order chi connectivity index (χ0) is 28.0. The van der Waals surface area contributed by atoms with Crippen LogP contribution < -0.4 is 0 Å². The number of ether oxygens (including phenoxy) is 1. The normalized spacial score (nSPS) is 19.4. The van der Waals surface area contributed by atoms with Crippen molar-refractivity contribution in [3.8, 4) is 0 Å². The third kappa shape index (κ3) is 6.15. The van der Waals surface area contributed by atoms with Crippen molar-refractivity contribution in [2.45, 2.75) is 63.9 Å². The van der Waals surface area contributed by atoms with Crippen LogP contribution in [0, 0.1) is 0 Å². The molecular weight excluding hydrogens is 516 g/mol. The summed E-state index contributed by atoms with van der Waals surface area (Å²) in [5.74, 6) is -0.848. The molecule has 12 heteroatoms. The Hall–Kier alpha value is -3.05. The minimum Gasteiger partial charge on any atom is -0.444 e. The van der Waals surface area contributed by atoms with E-state index in [0.29, 0.717) is 25.2 Å². The van der Waals surface area contributed by atoms with Gasteiger partial charge in [-0.25, -0.2) is 4.79 Å². The molecule has 0 unspecified atom stereocenters. The lowest BCUT2D eigenvalue weighted by Gasteiger charge is -2.34. The van der Waals surface area contributed by atoms with Crippen molar-refractivity contribution in [3.05, 3.63) is 46.0 Å². The second-order valence-corrected chi connectivity index (χ2v) is 10.8. The number of carbonyl (C=O) groups is 2. The van der Waals surface area contributed by atoms with Gasteiger partial charge in [-0.15, -0.1) is 0 Å². The second kappa shape index (κ2) is 9.92. The van der Waals surface area contributed by atoms with E-state index in [2.05, 4.69) is 4.99 Å². The molecule has 1 saturated heterocycles. The molecule has 0 aliphatic carbocycles. The van der Waals surface area contributed by atoms with Gasteiger partial charge >= 0.3 is 18.4 Å². The quantitative estimate of drug-likeness (QED) is 0.440. The van der Waals surface area contributed by atoms with Crippen LogP contribution >= 0.6 is 0 Å². The summed E-state index contributed by atoms with van der Waals surface area (Å²) >= 11 is 0. The summed E-state index contributed by atoms with van der Waals surface area (Å²) in [5, 5.41) is 0. The van der Waals surface area contributed by atoms with Gasteiger partial charge in [-0.3, -0.25) is 9.79 Å². The van der Waals surface area contributed by atoms with Crippen LogP contribution in [0.1, 0.15) is 62.6 Å². The summed E-state index contributed by atoms with van der Waals surface area (Å²) in [6.07, 6.45) is -9.34. The number of alkyl halides is 6. The molecule has 6 nitrogen and oxygen atoms in total. The van der Waals surface area contributed by atoms with E-state index in [1.807, 2.05) is 0 Å². The molecule has 1 aromatic rings. The number of rotatable bonds is 2. The van der Waals surface area contributed by atoms with Crippen LogP contribution in [0.4, 0.5) is 31.1 Å². The highest BCUT2D eigenvalue weighted by Gasteiger charge is 2.39. The molecule has 3 heterocycles. The molecule has 3 aliphatic rings. The average molecular weight is 546 g/mol. The molecule has 0 bridgehead atoms. The van der Waals surface area contributed by atoms with E-state index in [9.17, 15) is 35.9 Å². The smallest absolute Gasteiger partial charge is 0.416 e. The third-order valence-corrected chi connectivity index (χ3v) is 6.87. The molecule has 4 rings (SSSR count). The molecule has 0 radical (unpaired) electrons. The van der Waals surface area contributed by atoms with E-state index < -0.39 is 41.1 Å². The predicted octanol–water partition coefficient (Wildman–Crippen LogP) is 5.82. The topological polar surface area (TPSA) is 62.2 Å². The minimum absolute atomic E-state index is 0.0306. The lowest BCUT2D eigenvalue weighted by Crippen LogP contribution is -2.44. The molecule has 0 spiro atoms. The van der Waals surface area contributed by atoms with Crippen molar-refractivity contribution in [2.24, 2.45) is 4.99 Å². The number of halogens is 6. The number of benzene rings is 1. The fraction of sp³-hybridized carbons (Fsp3) is 0.577. The van der Waals surface area contributed by atoms with Gasteiger partial charge in [0.05, 0.1) is 17.7 Å². The molecule has 0 saturated carbocycles. The first kappa shape index (κ1) is 28.0. The van der Waals surface area contributed by atoms with Crippen LogP contribution in [-0.4, -0.2) is 65.8 Å². The highest BCUT2D eigenvalue weighted by atomic mass is 19.4. The highest BCUT2D eigenvalue weighted by molar-refractivity contribution is 6.46. The Kier molecular flexibility index (Phi) is 7.30. The Morgan fingerprint density at radius 1 is 0.895 bits per heavy atom. The minimum atomic E-state index is -4.90. The molecule has 0 N–H and O–H groups in total. The first-order valence-electron chi connectivity index (χ1n) is 12.4. The van der Waals surface area contributed by atoms with E-state index in [4.69, 9.17) is 4.74 Å². The maximum atomic E-state index is 13.3. The van der Waals surface area contributed by atoms with Crippen LogP contribution in [0.2, 0.25) is 0 Å². The number of carbonyl (C=O) groups excluding carboxylic acids is 2. The molecule has 0 atom stereocenters. The number of nitrogens with zero attached hydrogens (tertiary/aromatic N) is 3. The summed E-state index contributed by atoms with van der Waals surface area (Å²) in [4.78, 5) is 33.2. The molecular formula is C26H29F6N3O3. The first-order chi connectivity index (χ1) is 17.5. The van der Waals surface area contributed by atoms with Crippen LogP contribution in [0.3, 0.4) is 0 Å². The first-order valence-corrected chi connectivity index (χ1v) is 12.4. The largest absolute Gasteiger partial charge is 0.444 e. The standard InChI is InChI=1S/C26H29F6N3O3/c1-24(2,3)38-23(37)35-9-6-20-17(14-35)13-33-21(20)22(36)34-7-4-15(5-8-34)16-10-18(25(27,28)29)12-19(11-16)26(30,31)32/h10-12,15H,4-9,13-14H2,1-3H3. The fourth-order valence-electron chi connectivity index (χ4n) is 4.99. The second-order valence-electron chi connectivity index (χ2n) is 10.8. The summed E-state index contributed by atoms with van der Waals surface area (Å²) in [5.41, 5.74) is -1.35. The van der Waals surface area contributed by atoms with Gasteiger partial charge in [0.2, 0.25) is 0 Å². The van der Waals surface area contributed by atoms with E-state index in [1.54, 1.807) is 30.6 Å². The van der Waals surface area contributed by atoms with Crippen molar-refractivity contribution >= 4 is 17.7 Å². The van der Waals surface area contributed by atoms with Crippen LogP contribution in [-0.2, 0) is 21.9 Å². The lowest BCUT2D eigenvalue weighted by molar-refractivity contribution is -0.143. The number of piperidine rings is 1. The summed E-state index contributed by atoms with van der Waals surface area (Å²) < 4.78 is 84.9. The maximum Gasteiger partial charge on any atom is 0.416 e. The van der Waals surface area contributed by atoms with Gasteiger partial charge in [-0.2, -0.15) is 26.3 Å².